The van der Waals surface area contributed by atoms with Gasteiger partial charge in [-0.05, 0) is 36.6 Å². The summed E-state index contributed by atoms with van der Waals surface area (Å²) in [5.41, 5.74) is 3.50. The molecule has 0 saturated carbocycles. The molecular weight excluding hydrogens is 374 g/mol. The number of nitrogens with zero attached hydrogens (tertiary/aromatic N) is 2. The number of amides is 1. The molecule has 0 aliphatic carbocycles. The monoisotopic (exact) mass is 395 g/mol. The molecule has 6 heteroatoms. The fourth-order valence-electron chi connectivity index (χ4n) is 3.27. The van der Waals surface area contributed by atoms with Gasteiger partial charge >= 0.3 is 0 Å². The second-order valence-electron chi connectivity index (χ2n) is 6.45. The SMILES string of the molecule is Cc1ccccc1-n1ccnc1SCC(=O)N[C@@H]1CCSc2ccccc21. The van der Waals surface area contributed by atoms with Gasteiger partial charge in [0.05, 0.1) is 17.5 Å². The summed E-state index contributed by atoms with van der Waals surface area (Å²) >= 11 is 3.33. The summed E-state index contributed by atoms with van der Waals surface area (Å²) in [5, 5.41) is 4.03. The second kappa shape index (κ2) is 8.23. The number of imidazole rings is 1. The Hall–Kier alpha value is -2.18. The fourth-order valence-corrected chi connectivity index (χ4v) is 5.17. The highest BCUT2D eigenvalue weighted by Crippen LogP contribution is 2.35. The highest BCUT2D eigenvalue weighted by atomic mass is 32.2. The molecule has 0 unspecified atom stereocenters. The maximum absolute atomic E-state index is 12.6. The van der Waals surface area contributed by atoms with Crippen LogP contribution in [0.3, 0.4) is 0 Å². The molecule has 2 heterocycles. The third-order valence-corrected chi connectivity index (χ3v) is 6.70. The first-order chi connectivity index (χ1) is 13.2. The average molecular weight is 396 g/mol. The van der Waals surface area contributed by atoms with Gasteiger partial charge in [0.25, 0.3) is 0 Å². The number of hydrogen-bond donors (Lipinski definition) is 1. The summed E-state index contributed by atoms with van der Waals surface area (Å²) in [5.74, 6) is 1.44. The number of rotatable bonds is 5. The molecule has 1 aliphatic heterocycles. The Morgan fingerprint density at radius 1 is 1.26 bits per heavy atom. The highest BCUT2D eigenvalue weighted by molar-refractivity contribution is 7.99. The molecule has 138 valence electrons. The van der Waals surface area contributed by atoms with Crippen molar-refractivity contribution in [3.8, 4) is 5.69 Å². The lowest BCUT2D eigenvalue weighted by molar-refractivity contribution is -0.119. The van der Waals surface area contributed by atoms with E-state index in [1.165, 1.54) is 27.8 Å². The Kier molecular flexibility index (Phi) is 5.55. The van der Waals surface area contributed by atoms with Crippen molar-refractivity contribution < 1.29 is 4.79 Å². The number of hydrogen-bond acceptors (Lipinski definition) is 4. The molecule has 1 N–H and O–H groups in total. The Morgan fingerprint density at radius 2 is 2.07 bits per heavy atom. The average Bonchev–Trinajstić information content (AvgIpc) is 3.15. The van der Waals surface area contributed by atoms with Crippen LogP contribution in [-0.4, -0.2) is 27.0 Å². The molecule has 3 aromatic rings. The molecule has 1 amide bonds. The van der Waals surface area contributed by atoms with E-state index in [2.05, 4.69) is 47.6 Å². The lowest BCUT2D eigenvalue weighted by atomic mass is 10.0. The second-order valence-corrected chi connectivity index (χ2v) is 8.53. The smallest absolute Gasteiger partial charge is 0.230 e. The van der Waals surface area contributed by atoms with Gasteiger partial charge in [-0.25, -0.2) is 4.98 Å². The van der Waals surface area contributed by atoms with Crippen LogP contribution in [0.15, 0.2) is 71.0 Å². The van der Waals surface area contributed by atoms with E-state index in [1.807, 2.05) is 40.7 Å². The first-order valence-electron chi connectivity index (χ1n) is 8.95. The summed E-state index contributed by atoms with van der Waals surface area (Å²) in [6.45, 7) is 2.08. The number of aryl methyl sites for hydroxylation is 1. The first-order valence-corrected chi connectivity index (χ1v) is 10.9. The summed E-state index contributed by atoms with van der Waals surface area (Å²) < 4.78 is 2.04. The summed E-state index contributed by atoms with van der Waals surface area (Å²) in [6.07, 6.45) is 4.69. The van der Waals surface area contributed by atoms with Gasteiger partial charge in [-0.3, -0.25) is 9.36 Å². The largest absolute Gasteiger partial charge is 0.348 e. The molecule has 0 fully saturated rings. The molecule has 1 aromatic heterocycles. The summed E-state index contributed by atoms with van der Waals surface area (Å²) in [4.78, 5) is 18.3. The van der Waals surface area contributed by atoms with Crippen molar-refractivity contribution in [1.82, 2.24) is 14.9 Å². The zero-order valence-electron chi connectivity index (χ0n) is 15.1. The third-order valence-electron chi connectivity index (χ3n) is 4.61. The Labute approximate surface area is 167 Å². The zero-order chi connectivity index (χ0) is 18.6. The molecule has 0 bridgehead atoms. The number of carbonyl (C=O) groups is 1. The maximum atomic E-state index is 12.6. The van der Waals surface area contributed by atoms with Crippen LogP contribution in [0, 0.1) is 6.92 Å². The van der Waals surface area contributed by atoms with Gasteiger partial charge in [-0.1, -0.05) is 48.2 Å². The molecule has 0 radical (unpaired) electrons. The highest BCUT2D eigenvalue weighted by Gasteiger charge is 2.22. The minimum absolute atomic E-state index is 0.0473. The number of aromatic nitrogens is 2. The summed E-state index contributed by atoms with van der Waals surface area (Å²) in [6, 6.07) is 16.6. The van der Waals surface area contributed by atoms with Gasteiger partial charge in [0, 0.05) is 23.0 Å². The van der Waals surface area contributed by atoms with E-state index in [0.29, 0.717) is 5.75 Å². The molecule has 4 nitrogen and oxygen atoms in total. The Bertz CT molecular complexity index is 954. The van der Waals surface area contributed by atoms with Crippen molar-refractivity contribution in [2.75, 3.05) is 11.5 Å². The molecule has 4 rings (SSSR count). The van der Waals surface area contributed by atoms with Crippen molar-refractivity contribution >= 4 is 29.4 Å². The normalized spacial score (nSPS) is 16.0. The van der Waals surface area contributed by atoms with Crippen LogP contribution in [0.4, 0.5) is 0 Å². The van der Waals surface area contributed by atoms with Crippen LogP contribution in [0.5, 0.6) is 0 Å². The van der Waals surface area contributed by atoms with Crippen LogP contribution in [0.2, 0.25) is 0 Å². The van der Waals surface area contributed by atoms with Gasteiger partial charge in [0.15, 0.2) is 5.16 Å². The number of fused-ring (bicyclic) bond motifs is 1. The molecule has 1 atom stereocenters. The molecule has 1 aliphatic rings. The van der Waals surface area contributed by atoms with Crippen molar-refractivity contribution in [3.63, 3.8) is 0 Å². The quantitative estimate of drug-likeness (QED) is 0.640. The van der Waals surface area contributed by atoms with E-state index in [0.717, 1.165) is 23.0 Å². The van der Waals surface area contributed by atoms with Crippen LogP contribution in [0.1, 0.15) is 23.6 Å². The van der Waals surface area contributed by atoms with Gasteiger partial charge in [0.1, 0.15) is 0 Å². The first kappa shape index (κ1) is 18.2. The van der Waals surface area contributed by atoms with Crippen molar-refractivity contribution in [2.45, 2.75) is 29.4 Å². The lowest BCUT2D eigenvalue weighted by Gasteiger charge is -2.25. The third kappa shape index (κ3) is 4.06. The molecular formula is C21H21N3OS2. The van der Waals surface area contributed by atoms with Crippen LogP contribution < -0.4 is 5.32 Å². The molecule has 0 saturated heterocycles. The fraction of sp³-hybridized carbons (Fsp3) is 0.238. The zero-order valence-corrected chi connectivity index (χ0v) is 16.7. The van der Waals surface area contributed by atoms with Crippen molar-refractivity contribution in [1.29, 1.82) is 0 Å². The standard InChI is InChI=1S/C21H21N3OS2/c1-15-6-2-4-8-18(15)24-12-11-22-21(24)27-14-20(25)23-17-10-13-26-19-9-5-3-7-16(17)19/h2-9,11-12,17H,10,13-14H2,1H3,(H,23,25)/t17-/m1/s1. The van der Waals surface area contributed by atoms with Gasteiger partial charge < -0.3 is 5.32 Å². The Balaban J connectivity index is 1.42. The predicted molar refractivity (Wildman–Crippen MR) is 112 cm³/mol. The van der Waals surface area contributed by atoms with Gasteiger partial charge in [0.2, 0.25) is 5.91 Å². The Morgan fingerprint density at radius 3 is 2.96 bits per heavy atom. The number of carbonyl (C=O) groups excluding carboxylic acids is 1. The van der Waals surface area contributed by atoms with E-state index in [4.69, 9.17) is 0 Å². The van der Waals surface area contributed by atoms with Gasteiger partial charge in [-0.2, -0.15) is 0 Å². The van der Waals surface area contributed by atoms with E-state index in [-0.39, 0.29) is 11.9 Å². The number of thioether (sulfide) groups is 2. The van der Waals surface area contributed by atoms with E-state index < -0.39 is 0 Å². The van der Waals surface area contributed by atoms with E-state index >= 15 is 0 Å². The van der Waals surface area contributed by atoms with Crippen molar-refractivity contribution in [3.05, 3.63) is 72.1 Å². The van der Waals surface area contributed by atoms with Crippen LogP contribution in [0.25, 0.3) is 5.69 Å². The summed E-state index contributed by atoms with van der Waals surface area (Å²) in [7, 11) is 0. The minimum Gasteiger partial charge on any atom is -0.348 e. The molecule has 0 spiro atoms. The van der Waals surface area contributed by atoms with E-state index in [1.54, 1.807) is 6.20 Å². The number of benzene rings is 2. The van der Waals surface area contributed by atoms with E-state index in [9.17, 15) is 4.79 Å². The van der Waals surface area contributed by atoms with Crippen LogP contribution >= 0.6 is 23.5 Å². The van der Waals surface area contributed by atoms with Crippen molar-refractivity contribution in [2.24, 2.45) is 0 Å². The maximum Gasteiger partial charge on any atom is 0.230 e. The lowest BCUT2D eigenvalue weighted by Crippen LogP contribution is -2.31. The predicted octanol–water partition coefficient (Wildman–Crippen LogP) is 4.63. The minimum atomic E-state index is 0.0473. The van der Waals surface area contributed by atoms with Gasteiger partial charge in [-0.15, -0.1) is 11.8 Å². The topological polar surface area (TPSA) is 46.9 Å². The molecule has 27 heavy (non-hydrogen) atoms. The number of para-hydroxylation sites is 1. The number of nitrogens with one attached hydrogen (secondary N) is 1. The van der Waals surface area contributed by atoms with Crippen LogP contribution in [-0.2, 0) is 4.79 Å². The molecule has 2 aromatic carbocycles.